The molecule has 8 heteroatoms. The summed E-state index contributed by atoms with van der Waals surface area (Å²) < 4.78 is 28.1. The molecular formula is C19H23NO6S. The van der Waals surface area contributed by atoms with Crippen LogP contribution in [0.5, 0.6) is 0 Å². The minimum atomic E-state index is -4.15. The van der Waals surface area contributed by atoms with Gasteiger partial charge in [0.25, 0.3) is 0 Å². The number of aliphatic carboxylic acids is 1. The van der Waals surface area contributed by atoms with Crippen LogP contribution >= 0.6 is 0 Å². The Kier molecular flexibility index (Phi) is 4.31. The van der Waals surface area contributed by atoms with Crippen molar-refractivity contribution in [2.24, 2.45) is 23.2 Å². The van der Waals surface area contributed by atoms with Gasteiger partial charge in [-0.2, -0.15) is 4.72 Å². The Bertz CT molecular complexity index is 858. The summed E-state index contributed by atoms with van der Waals surface area (Å²) >= 11 is 0. The highest BCUT2D eigenvalue weighted by Gasteiger charge is 2.57. The summed E-state index contributed by atoms with van der Waals surface area (Å²) in [6, 6.07) is 3.80. The third kappa shape index (κ3) is 3.25. The highest BCUT2D eigenvalue weighted by atomic mass is 32.2. The summed E-state index contributed by atoms with van der Waals surface area (Å²) in [6.07, 6.45) is 5.60. The third-order valence-corrected chi connectivity index (χ3v) is 8.03. The monoisotopic (exact) mass is 393 g/mol. The van der Waals surface area contributed by atoms with Gasteiger partial charge >= 0.3 is 11.9 Å². The summed E-state index contributed by atoms with van der Waals surface area (Å²) in [4.78, 5) is 23.0. The van der Waals surface area contributed by atoms with Crippen molar-refractivity contribution in [3.05, 3.63) is 29.8 Å². The number of hydrogen-bond donors (Lipinski definition) is 3. The largest absolute Gasteiger partial charge is 0.480 e. The Labute approximate surface area is 157 Å². The maximum atomic E-state index is 12.8. The van der Waals surface area contributed by atoms with Crippen molar-refractivity contribution in [3.8, 4) is 0 Å². The van der Waals surface area contributed by atoms with Gasteiger partial charge in [0.05, 0.1) is 10.5 Å². The molecule has 4 saturated carbocycles. The molecule has 0 saturated heterocycles. The number of carboxylic acids is 2. The summed E-state index contributed by atoms with van der Waals surface area (Å²) in [6.45, 7) is 0. The van der Waals surface area contributed by atoms with Crippen molar-refractivity contribution in [1.29, 1.82) is 0 Å². The molecule has 0 heterocycles. The molecule has 3 N–H and O–H groups in total. The molecular weight excluding hydrogens is 370 g/mol. The van der Waals surface area contributed by atoms with E-state index >= 15 is 0 Å². The second-order valence-corrected chi connectivity index (χ2v) is 10.2. The Morgan fingerprint density at radius 1 is 1.04 bits per heavy atom. The molecule has 0 spiro atoms. The van der Waals surface area contributed by atoms with Gasteiger partial charge in [-0.25, -0.2) is 13.2 Å². The van der Waals surface area contributed by atoms with Gasteiger partial charge in [0, 0.05) is 0 Å². The van der Waals surface area contributed by atoms with Gasteiger partial charge in [0.2, 0.25) is 10.0 Å². The normalized spacial score (nSPS) is 33.0. The number of carboxylic acid groups (broad SMARTS) is 2. The molecule has 146 valence electrons. The second kappa shape index (κ2) is 6.31. The summed E-state index contributed by atoms with van der Waals surface area (Å²) in [5, 5.41) is 19.0. The van der Waals surface area contributed by atoms with Crippen LogP contribution in [0.4, 0.5) is 0 Å². The van der Waals surface area contributed by atoms with Crippen molar-refractivity contribution in [1.82, 2.24) is 4.72 Å². The van der Waals surface area contributed by atoms with E-state index in [4.69, 9.17) is 5.11 Å². The zero-order valence-corrected chi connectivity index (χ0v) is 15.6. The van der Waals surface area contributed by atoms with Crippen LogP contribution in [0.1, 0.15) is 48.9 Å². The summed E-state index contributed by atoms with van der Waals surface area (Å²) in [5.74, 6) is -0.938. The van der Waals surface area contributed by atoms with Crippen LogP contribution in [0.3, 0.4) is 0 Å². The van der Waals surface area contributed by atoms with Crippen molar-refractivity contribution in [2.75, 3.05) is 0 Å². The standard InChI is InChI=1S/C19H23NO6S/c21-17(22)14-2-1-3-15(7-14)27(25,26)20-16(18(23)24)19-8-11-4-12(9-19)6-13(5-11)10-19/h1-3,7,11-13,16,20H,4-6,8-10H2,(H,21,22)(H,23,24). The van der Waals surface area contributed by atoms with Crippen LogP contribution in [-0.4, -0.2) is 36.6 Å². The molecule has 1 atom stereocenters. The number of rotatable bonds is 6. The lowest BCUT2D eigenvalue weighted by Gasteiger charge is -2.58. The first-order valence-electron chi connectivity index (χ1n) is 9.27. The van der Waals surface area contributed by atoms with E-state index < -0.39 is 33.4 Å². The number of hydrogen-bond acceptors (Lipinski definition) is 4. The molecule has 1 aromatic carbocycles. The van der Waals surface area contributed by atoms with Crippen LogP contribution < -0.4 is 4.72 Å². The van der Waals surface area contributed by atoms with Gasteiger partial charge in [-0.05, 0) is 79.9 Å². The Morgan fingerprint density at radius 3 is 2.07 bits per heavy atom. The average molecular weight is 393 g/mol. The number of nitrogens with one attached hydrogen (secondary N) is 1. The van der Waals surface area contributed by atoms with E-state index in [1.165, 1.54) is 18.2 Å². The molecule has 0 radical (unpaired) electrons. The molecule has 1 unspecified atom stereocenters. The fourth-order valence-electron chi connectivity index (χ4n) is 5.99. The quantitative estimate of drug-likeness (QED) is 0.682. The maximum absolute atomic E-state index is 12.8. The van der Waals surface area contributed by atoms with Crippen LogP contribution in [-0.2, 0) is 14.8 Å². The fraction of sp³-hybridized carbons (Fsp3) is 0.579. The molecule has 0 aromatic heterocycles. The number of benzene rings is 1. The van der Waals surface area contributed by atoms with Crippen LogP contribution in [0.2, 0.25) is 0 Å². The van der Waals surface area contributed by atoms with E-state index in [-0.39, 0.29) is 10.5 Å². The Balaban J connectivity index is 1.65. The van der Waals surface area contributed by atoms with Crippen molar-refractivity contribution < 1.29 is 28.2 Å². The van der Waals surface area contributed by atoms with Gasteiger partial charge in [-0.1, -0.05) is 6.07 Å². The lowest BCUT2D eigenvalue weighted by molar-refractivity contribution is -0.150. The average Bonchev–Trinajstić information content (AvgIpc) is 2.58. The molecule has 0 amide bonds. The Morgan fingerprint density at radius 2 is 1.59 bits per heavy atom. The molecule has 4 aliphatic rings. The smallest absolute Gasteiger partial charge is 0.335 e. The van der Waals surface area contributed by atoms with E-state index in [0.29, 0.717) is 17.8 Å². The number of aromatic carboxylic acids is 1. The molecule has 5 rings (SSSR count). The molecule has 27 heavy (non-hydrogen) atoms. The van der Waals surface area contributed by atoms with Crippen molar-refractivity contribution >= 4 is 22.0 Å². The van der Waals surface area contributed by atoms with Gasteiger partial charge < -0.3 is 10.2 Å². The van der Waals surface area contributed by atoms with Crippen LogP contribution in [0.15, 0.2) is 29.2 Å². The van der Waals surface area contributed by atoms with E-state index in [0.717, 1.165) is 44.6 Å². The van der Waals surface area contributed by atoms with Gasteiger partial charge in [-0.3, -0.25) is 4.79 Å². The summed E-state index contributed by atoms with van der Waals surface area (Å²) in [7, 11) is -4.15. The predicted octanol–water partition coefficient (Wildman–Crippen LogP) is 2.33. The van der Waals surface area contributed by atoms with Crippen molar-refractivity contribution in [3.63, 3.8) is 0 Å². The first-order valence-corrected chi connectivity index (χ1v) is 10.8. The highest BCUT2D eigenvalue weighted by Crippen LogP contribution is 2.61. The molecule has 7 nitrogen and oxygen atoms in total. The lowest BCUT2D eigenvalue weighted by Crippen LogP contribution is -2.59. The molecule has 4 aliphatic carbocycles. The fourth-order valence-corrected chi connectivity index (χ4v) is 7.33. The Hall–Kier alpha value is -1.93. The van der Waals surface area contributed by atoms with Gasteiger partial charge in [0.15, 0.2) is 0 Å². The van der Waals surface area contributed by atoms with Crippen LogP contribution in [0, 0.1) is 23.2 Å². The third-order valence-electron chi connectivity index (χ3n) is 6.61. The summed E-state index contributed by atoms with van der Waals surface area (Å²) in [5.41, 5.74) is -0.697. The second-order valence-electron chi connectivity index (χ2n) is 8.51. The minimum Gasteiger partial charge on any atom is -0.480 e. The molecule has 4 bridgehead atoms. The van der Waals surface area contributed by atoms with E-state index in [2.05, 4.69) is 4.72 Å². The topological polar surface area (TPSA) is 121 Å². The number of sulfonamides is 1. The highest BCUT2D eigenvalue weighted by molar-refractivity contribution is 7.89. The van der Waals surface area contributed by atoms with E-state index in [9.17, 15) is 23.1 Å². The zero-order valence-electron chi connectivity index (χ0n) is 14.8. The molecule has 4 fully saturated rings. The minimum absolute atomic E-state index is 0.153. The van der Waals surface area contributed by atoms with E-state index in [1.807, 2.05) is 0 Å². The zero-order chi connectivity index (χ0) is 19.4. The molecule has 1 aromatic rings. The predicted molar refractivity (Wildman–Crippen MR) is 95.8 cm³/mol. The number of carbonyl (C=O) groups is 2. The van der Waals surface area contributed by atoms with E-state index in [1.54, 1.807) is 0 Å². The van der Waals surface area contributed by atoms with Gasteiger partial charge in [0.1, 0.15) is 6.04 Å². The SMILES string of the molecule is O=C(O)c1cccc(S(=O)(=O)NC(C(=O)O)C23CC4CC(CC(C4)C2)C3)c1. The lowest BCUT2D eigenvalue weighted by atomic mass is 9.48. The first-order chi connectivity index (χ1) is 12.7. The van der Waals surface area contributed by atoms with Crippen molar-refractivity contribution in [2.45, 2.75) is 49.5 Å². The van der Waals surface area contributed by atoms with Crippen LogP contribution in [0.25, 0.3) is 0 Å². The first kappa shape index (κ1) is 18.4. The molecule has 0 aliphatic heterocycles. The maximum Gasteiger partial charge on any atom is 0.335 e. The van der Waals surface area contributed by atoms with Gasteiger partial charge in [-0.15, -0.1) is 0 Å².